The highest BCUT2D eigenvalue weighted by atomic mass is 32.1. The van der Waals surface area contributed by atoms with Gasteiger partial charge in [0.2, 0.25) is 0 Å². The number of thiophene rings is 1. The first kappa shape index (κ1) is 18.0. The molecule has 1 N–H and O–H groups in total. The molecule has 1 aliphatic rings. The monoisotopic (exact) mass is 369 g/mol. The molecule has 1 aromatic carbocycles. The molecular weight excluding hydrogens is 350 g/mol. The fraction of sp³-hybridized carbons (Fsp3) is 0.263. The lowest BCUT2D eigenvalue weighted by molar-refractivity contribution is -0.385. The number of amides is 1. The molecule has 1 atom stereocenters. The van der Waals surface area contributed by atoms with Gasteiger partial charge in [0.05, 0.1) is 15.4 Å². The minimum atomic E-state index is -0.433. The van der Waals surface area contributed by atoms with Crippen molar-refractivity contribution in [2.75, 3.05) is 0 Å². The molecule has 7 heteroatoms. The highest BCUT2D eigenvalue weighted by molar-refractivity contribution is 7.14. The third-order valence-corrected chi connectivity index (χ3v) is 5.52. The normalized spacial score (nSPS) is 16.7. The number of nitro groups is 1. The van der Waals surface area contributed by atoms with Crippen LogP contribution in [-0.4, -0.2) is 17.0 Å². The molecule has 0 fully saturated rings. The average molecular weight is 369 g/mol. The Labute approximate surface area is 155 Å². The van der Waals surface area contributed by atoms with E-state index in [0.717, 1.165) is 12.8 Å². The maximum Gasteiger partial charge on any atom is 0.281 e. The van der Waals surface area contributed by atoms with Crippen molar-refractivity contribution >= 4 is 35.2 Å². The van der Waals surface area contributed by atoms with Crippen molar-refractivity contribution in [1.82, 2.24) is 5.43 Å². The van der Waals surface area contributed by atoms with Crippen molar-refractivity contribution in [2.24, 2.45) is 11.0 Å². The van der Waals surface area contributed by atoms with Crippen LogP contribution in [0.25, 0.3) is 6.08 Å². The molecule has 1 heterocycles. The third kappa shape index (κ3) is 4.23. The Bertz CT molecular complexity index is 886. The number of carbonyl (C=O) groups is 1. The molecule has 0 spiro atoms. The Kier molecular flexibility index (Phi) is 5.58. The van der Waals surface area contributed by atoms with Gasteiger partial charge in [0, 0.05) is 17.2 Å². The minimum Gasteiger partial charge on any atom is -0.266 e. The van der Waals surface area contributed by atoms with Gasteiger partial charge in [0.25, 0.3) is 11.6 Å². The second-order valence-electron chi connectivity index (χ2n) is 6.30. The number of nitrogens with one attached hydrogen (secondary N) is 1. The Balaban J connectivity index is 1.59. The Morgan fingerprint density at radius 2 is 2.23 bits per heavy atom. The molecule has 0 saturated heterocycles. The number of hydrogen-bond donors (Lipinski definition) is 1. The van der Waals surface area contributed by atoms with E-state index in [4.69, 9.17) is 0 Å². The first-order valence-electron chi connectivity index (χ1n) is 8.39. The number of hydrazone groups is 1. The zero-order chi connectivity index (χ0) is 18.5. The molecule has 26 heavy (non-hydrogen) atoms. The Morgan fingerprint density at radius 1 is 1.42 bits per heavy atom. The number of nitrogens with zero attached hydrogens (tertiary/aromatic N) is 2. The van der Waals surface area contributed by atoms with Gasteiger partial charge in [-0.2, -0.15) is 5.10 Å². The lowest BCUT2D eigenvalue weighted by Crippen LogP contribution is -2.15. The second kappa shape index (κ2) is 8.05. The quantitative estimate of drug-likeness (QED) is 0.487. The maximum absolute atomic E-state index is 12.2. The topological polar surface area (TPSA) is 84.6 Å². The standard InChI is InChI=1S/C19H19N3O3S/c1-13-8-9-17-15(11-13)12-18(26-17)19(23)21-20-10-4-6-14-5-2-3-7-16(14)22(24)25/h2-7,10,12-13H,8-9,11H2,1H3,(H,21,23)/b6-4+,20-10-/t13-/m1/s1. The summed E-state index contributed by atoms with van der Waals surface area (Å²) in [6.45, 7) is 2.23. The first-order valence-corrected chi connectivity index (χ1v) is 9.21. The molecule has 3 rings (SSSR count). The largest absolute Gasteiger partial charge is 0.281 e. The van der Waals surface area contributed by atoms with Crippen LogP contribution in [0.15, 0.2) is 41.5 Å². The van der Waals surface area contributed by atoms with E-state index in [2.05, 4.69) is 17.5 Å². The fourth-order valence-corrected chi connectivity index (χ4v) is 4.05. The van der Waals surface area contributed by atoms with Gasteiger partial charge in [0.15, 0.2) is 0 Å². The smallest absolute Gasteiger partial charge is 0.266 e. The van der Waals surface area contributed by atoms with Crippen molar-refractivity contribution in [3.05, 3.63) is 67.4 Å². The molecule has 1 amide bonds. The van der Waals surface area contributed by atoms with Crippen LogP contribution in [0, 0.1) is 16.0 Å². The van der Waals surface area contributed by atoms with Crippen molar-refractivity contribution in [3.63, 3.8) is 0 Å². The van der Waals surface area contributed by atoms with Crippen molar-refractivity contribution < 1.29 is 9.72 Å². The van der Waals surface area contributed by atoms with E-state index < -0.39 is 4.92 Å². The number of aryl methyl sites for hydroxylation is 1. The van der Waals surface area contributed by atoms with E-state index in [1.165, 1.54) is 40.5 Å². The van der Waals surface area contributed by atoms with Gasteiger partial charge in [-0.05, 0) is 55.0 Å². The third-order valence-electron chi connectivity index (χ3n) is 4.29. The maximum atomic E-state index is 12.2. The van der Waals surface area contributed by atoms with Gasteiger partial charge in [-0.3, -0.25) is 14.9 Å². The SMILES string of the molecule is C[C@@H]1CCc2sc(C(=O)N/N=C\C=C\c3ccccc3[N+](=O)[O-])cc2C1. The second-order valence-corrected chi connectivity index (χ2v) is 7.44. The molecule has 134 valence electrons. The summed E-state index contributed by atoms with van der Waals surface area (Å²) in [7, 11) is 0. The van der Waals surface area contributed by atoms with Crippen molar-refractivity contribution in [1.29, 1.82) is 0 Å². The summed E-state index contributed by atoms with van der Waals surface area (Å²) in [5.74, 6) is 0.436. The van der Waals surface area contributed by atoms with Crippen molar-refractivity contribution in [3.8, 4) is 0 Å². The van der Waals surface area contributed by atoms with Crippen LogP contribution in [0.1, 0.15) is 39.0 Å². The van der Waals surface area contributed by atoms with Crippen LogP contribution in [0.5, 0.6) is 0 Å². The highest BCUT2D eigenvalue weighted by Crippen LogP contribution is 2.32. The van der Waals surface area contributed by atoms with Crippen LogP contribution >= 0.6 is 11.3 Å². The molecule has 0 unspecified atom stereocenters. The molecule has 2 aromatic rings. The number of rotatable bonds is 5. The van der Waals surface area contributed by atoms with E-state index in [1.54, 1.807) is 30.4 Å². The lowest BCUT2D eigenvalue weighted by Gasteiger charge is -2.16. The fourth-order valence-electron chi connectivity index (χ4n) is 2.95. The number of nitro benzene ring substituents is 1. The van der Waals surface area contributed by atoms with Gasteiger partial charge in [0.1, 0.15) is 0 Å². The van der Waals surface area contributed by atoms with Crippen LogP contribution in [0.3, 0.4) is 0 Å². The van der Waals surface area contributed by atoms with Crippen LogP contribution in [0.2, 0.25) is 0 Å². The van der Waals surface area contributed by atoms with Crippen LogP contribution < -0.4 is 5.43 Å². The minimum absolute atomic E-state index is 0.0274. The lowest BCUT2D eigenvalue weighted by atomic mass is 9.90. The Morgan fingerprint density at radius 3 is 3.04 bits per heavy atom. The molecule has 0 aliphatic heterocycles. The van der Waals surface area contributed by atoms with E-state index in [-0.39, 0.29) is 11.6 Å². The number of allylic oxidation sites excluding steroid dienone is 1. The summed E-state index contributed by atoms with van der Waals surface area (Å²) in [5.41, 5.74) is 4.28. The van der Waals surface area contributed by atoms with E-state index in [9.17, 15) is 14.9 Å². The summed E-state index contributed by atoms with van der Waals surface area (Å²) in [4.78, 5) is 24.7. The number of carbonyl (C=O) groups excluding carboxylic acids is 1. The summed E-state index contributed by atoms with van der Waals surface area (Å²) in [6.07, 6.45) is 7.79. The number of para-hydroxylation sites is 1. The molecule has 6 nitrogen and oxygen atoms in total. The number of hydrogen-bond acceptors (Lipinski definition) is 5. The van der Waals surface area contributed by atoms with Crippen LogP contribution in [-0.2, 0) is 12.8 Å². The zero-order valence-electron chi connectivity index (χ0n) is 14.3. The number of fused-ring (bicyclic) bond motifs is 1. The summed E-state index contributed by atoms with van der Waals surface area (Å²) in [5, 5.41) is 14.8. The number of benzene rings is 1. The molecule has 0 saturated carbocycles. The predicted octanol–water partition coefficient (Wildman–Crippen LogP) is 4.21. The zero-order valence-corrected chi connectivity index (χ0v) is 15.2. The molecule has 0 bridgehead atoms. The van der Waals surface area contributed by atoms with Gasteiger partial charge in [-0.1, -0.05) is 19.1 Å². The van der Waals surface area contributed by atoms with Gasteiger partial charge >= 0.3 is 0 Å². The van der Waals surface area contributed by atoms with E-state index in [1.807, 2.05) is 6.07 Å². The van der Waals surface area contributed by atoms with Crippen LogP contribution in [0.4, 0.5) is 5.69 Å². The molecule has 1 aliphatic carbocycles. The molecular formula is C19H19N3O3S. The Hall–Kier alpha value is -2.80. The van der Waals surface area contributed by atoms with Gasteiger partial charge in [-0.25, -0.2) is 5.43 Å². The highest BCUT2D eigenvalue weighted by Gasteiger charge is 2.20. The van der Waals surface area contributed by atoms with E-state index >= 15 is 0 Å². The van der Waals surface area contributed by atoms with E-state index in [0.29, 0.717) is 16.4 Å². The predicted molar refractivity (Wildman–Crippen MR) is 104 cm³/mol. The summed E-state index contributed by atoms with van der Waals surface area (Å²) < 4.78 is 0. The average Bonchev–Trinajstić information content (AvgIpc) is 3.04. The summed E-state index contributed by atoms with van der Waals surface area (Å²) in [6, 6.07) is 8.40. The molecule has 0 radical (unpaired) electrons. The van der Waals surface area contributed by atoms with Crippen molar-refractivity contribution in [2.45, 2.75) is 26.2 Å². The molecule has 1 aromatic heterocycles. The van der Waals surface area contributed by atoms with Gasteiger partial charge in [-0.15, -0.1) is 11.3 Å². The first-order chi connectivity index (χ1) is 12.5. The summed E-state index contributed by atoms with van der Waals surface area (Å²) >= 11 is 1.53. The van der Waals surface area contributed by atoms with Gasteiger partial charge < -0.3 is 0 Å².